The minimum absolute atomic E-state index is 0.0132. The predicted molar refractivity (Wildman–Crippen MR) is 134 cm³/mol. The summed E-state index contributed by atoms with van der Waals surface area (Å²) in [5.74, 6) is 1.67. The summed E-state index contributed by atoms with van der Waals surface area (Å²) >= 11 is 0. The summed E-state index contributed by atoms with van der Waals surface area (Å²) < 4.78 is 9.99. The average molecular weight is 461 g/mol. The van der Waals surface area contributed by atoms with Crippen LogP contribution in [0.4, 0.5) is 0 Å². The number of pyridine rings is 1. The Morgan fingerprint density at radius 1 is 1.26 bits per heavy atom. The fourth-order valence-corrected chi connectivity index (χ4v) is 5.26. The van der Waals surface area contributed by atoms with Crippen LogP contribution in [0.15, 0.2) is 36.5 Å². The highest BCUT2D eigenvalue weighted by Crippen LogP contribution is 2.35. The number of likely N-dealkylation sites (tertiary alicyclic amines) is 1. The number of methoxy groups -OCH3 is 1. The van der Waals surface area contributed by atoms with Gasteiger partial charge in [-0.15, -0.1) is 0 Å². The summed E-state index contributed by atoms with van der Waals surface area (Å²) in [4.78, 5) is 24.9. The topological polar surface area (TPSA) is 91.2 Å². The Hall–Kier alpha value is -3.39. The number of hydrogen-bond donors (Lipinski definition) is 1. The highest BCUT2D eigenvalue weighted by atomic mass is 16.5. The second kappa shape index (κ2) is 8.43. The minimum Gasteiger partial charge on any atom is -0.494 e. The summed E-state index contributed by atoms with van der Waals surface area (Å²) in [6.45, 7) is 7.75. The molecule has 3 atom stereocenters. The lowest BCUT2D eigenvalue weighted by atomic mass is 10.0. The smallest absolute Gasteiger partial charge is 0.254 e. The lowest BCUT2D eigenvalue weighted by Gasteiger charge is -2.23. The van der Waals surface area contributed by atoms with Gasteiger partial charge in [0.1, 0.15) is 16.9 Å². The van der Waals surface area contributed by atoms with Crippen LogP contribution < -0.4 is 10.5 Å². The second-order valence-electron chi connectivity index (χ2n) is 9.39. The first kappa shape index (κ1) is 22.4. The van der Waals surface area contributed by atoms with Gasteiger partial charge in [-0.2, -0.15) is 0 Å². The molecule has 2 N–H and O–H groups in total. The van der Waals surface area contributed by atoms with Crippen LogP contribution in [0, 0.1) is 5.92 Å². The van der Waals surface area contributed by atoms with E-state index < -0.39 is 0 Å². The summed E-state index contributed by atoms with van der Waals surface area (Å²) in [6.07, 6.45) is 2.80. The molecule has 0 spiro atoms. The van der Waals surface area contributed by atoms with E-state index in [0.29, 0.717) is 17.9 Å². The summed E-state index contributed by atoms with van der Waals surface area (Å²) in [6, 6.07) is 9.81. The van der Waals surface area contributed by atoms with E-state index >= 15 is 0 Å². The Kier molecular flexibility index (Phi) is 5.56. The Bertz CT molecular complexity index is 1390. The number of fused-ring (bicyclic) bond motifs is 2. The second-order valence-corrected chi connectivity index (χ2v) is 9.39. The zero-order valence-electron chi connectivity index (χ0n) is 20.4. The van der Waals surface area contributed by atoms with E-state index in [2.05, 4.69) is 35.5 Å². The number of nitrogens with two attached hydrogens (primary N) is 1. The van der Waals surface area contributed by atoms with Crippen molar-refractivity contribution in [2.24, 2.45) is 18.7 Å². The van der Waals surface area contributed by atoms with E-state index in [-0.39, 0.29) is 23.9 Å². The molecule has 0 aliphatic carbocycles. The number of benzene rings is 1. The van der Waals surface area contributed by atoms with Crippen LogP contribution in [0.25, 0.3) is 33.6 Å². The van der Waals surface area contributed by atoms with Gasteiger partial charge in [-0.05, 0) is 49.6 Å². The first-order chi connectivity index (χ1) is 16.3. The molecule has 1 amide bonds. The van der Waals surface area contributed by atoms with Gasteiger partial charge in [-0.1, -0.05) is 13.8 Å². The Morgan fingerprint density at radius 2 is 2.06 bits per heavy atom. The minimum atomic E-state index is -0.0380. The number of amides is 1. The van der Waals surface area contributed by atoms with Gasteiger partial charge in [0, 0.05) is 49.4 Å². The fraction of sp³-hybridized carbons (Fsp3) is 0.423. The standard InChI is InChI=1S/C26H32N6O2/c1-6-10-31-20(12-17-8-7-9-28-24(17)31)25-29-19-11-18(13-21(34-5)23(19)30(25)4)26(33)32-14-15(2)22(27)16(32)3/h7-9,11-13,15-16,22H,6,10,14,27H2,1-5H3/t15-,16-,22-/m0/s1. The number of carbonyl (C=O) groups is 1. The third-order valence-corrected chi connectivity index (χ3v) is 7.18. The van der Waals surface area contributed by atoms with Gasteiger partial charge in [0.25, 0.3) is 5.91 Å². The number of carbonyl (C=O) groups excluding carboxylic acids is 1. The van der Waals surface area contributed by atoms with E-state index in [0.717, 1.165) is 46.6 Å². The van der Waals surface area contributed by atoms with Crippen molar-refractivity contribution < 1.29 is 9.53 Å². The SMILES string of the molecule is CCCn1c(-c2nc3cc(C(=O)N4C[C@H](C)[C@H](N)[C@@H]4C)cc(OC)c3n2C)cc2cccnc21. The van der Waals surface area contributed by atoms with Gasteiger partial charge >= 0.3 is 0 Å². The quantitative estimate of drug-likeness (QED) is 0.489. The van der Waals surface area contributed by atoms with Crippen LogP contribution in [-0.2, 0) is 13.6 Å². The Labute approximate surface area is 199 Å². The zero-order chi connectivity index (χ0) is 24.1. The van der Waals surface area contributed by atoms with Crippen LogP contribution in [0.5, 0.6) is 5.75 Å². The molecule has 5 rings (SSSR count). The van der Waals surface area contributed by atoms with Gasteiger partial charge < -0.3 is 24.5 Å². The fourth-order valence-electron chi connectivity index (χ4n) is 5.26. The molecule has 34 heavy (non-hydrogen) atoms. The van der Waals surface area contributed by atoms with E-state index in [9.17, 15) is 4.79 Å². The molecule has 8 nitrogen and oxygen atoms in total. The van der Waals surface area contributed by atoms with Crippen LogP contribution in [0.3, 0.4) is 0 Å². The average Bonchev–Trinajstić information content (AvgIpc) is 3.46. The van der Waals surface area contributed by atoms with Gasteiger partial charge in [-0.25, -0.2) is 9.97 Å². The van der Waals surface area contributed by atoms with E-state index in [1.54, 1.807) is 7.11 Å². The maximum Gasteiger partial charge on any atom is 0.254 e. The zero-order valence-corrected chi connectivity index (χ0v) is 20.4. The van der Waals surface area contributed by atoms with E-state index in [1.165, 1.54) is 0 Å². The normalized spacial score (nSPS) is 20.5. The molecule has 4 heterocycles. The molecule has 0 saturated carbocycles. The van der Waals surface area contributed by atoms with Crippen LogP contribution in [0.1, 0.15) is 37.6 Å². The molecule has 178 valence electrons. The maximum absolute atomic E-state index is 13.4. The van der Waals surface area contributed by atoms with Crippen molar-refractivity contribution in [3.63, 3.8) is 0 Å². The molecule has 0 unspecified atom stereocenters. The number of nitrogens with zero attached hydrogens (tertiary/aromatic N) is 5. The van der Waals surface area contributed by atoms with Crippen molar-refractivity contribution >= 4 is 28.0 Å². The number of aromatic nitrogens is 4. The van der Waals surface area contributed by atoms with Crippen molar-refractivity contribution in [1.82, 2.24) is 24.0 Å². The van der Waals surface area contributed by atoms with Crippen molar-refractivity contribution in [3.8, 4) is 17.3 Å². The van der Waals surface area contributed by atoms with Crippen LogP contribution >= 0.6 is 0 Å². The lowest BCUT2D eigenvalue weighted by Crippen LogP contribution is -2.40. The lowest BCUT2D eigenvalue weighted by molar-refractivity contribution is 0.0739. The van der Waals surface area contributed by atoms with Gasteiger partial charge in [0.15, 0.2) is 5.82 Å². The molecule has 1 aliphatic heterocycles. The largest absolute Gasteiger partial charge is 0.494 e. The monoisotopic (exact) mass is 460 g/mol. The highest BCUT2D eigenvalue weighted by Gasteiger charge is 2.37. The molecule has 1 aromatic carbocycles. The molecule has 4 aromatic rings. The van der Waals surface area contributed by atoms with Crippen molar-refractivity contribution in [1.29, 1.82) is 0 Å². The third kappa shape index (κ3) is 3.36. The summed E-state index contributed by atoms with van der Waals surface area (Å²) in [7, 11) is 3.61. The molecule has 1 aliphatic rings. The van der Waals surface area contributed by atoms with E-state index in [1.807, 2.05) is 47.8 Å². The molecule has 1 fully saturated rings. The molecular weight excluding hydrogens is 428 g/mol. The summed E-state index contributed by atoms with van der Waals surface area (Å²) in [5.41, 5.74) is 10.4. The van der Waals surface area contributed by atoms with Gasteiger partial charge in [0.05, 0.1) is 18.3 Å². The highest BCUT2D eigenvalue weighted by molar-refractivity contribution is 6.00. The molecule has 1 saturated heterocycles. The molecule has 0 radical (unpaired) electrons. The summed E-state index contributed by atoms with van der Waals surface area (Å²) in [5, 5.41) is 1.08. The molecule has 8 heteroatoms. The molecule has 0 bridgehead atoms. The Morgan fingerprint density at radius 3 is 2.74 bits per heavy atom. The first-order valence-electron chi connectivity index (χ1n) is 11.9. The number of ether oxygens (including phenoxy) is 1. The van der Waals surface area contributed by atoms with Crippen molar-refractivity contribution in [2.75, 3.05) is 13.7 Å². The van der Waals surface area contributed by atoms with E-state index in [4.69, 9.17) is 15.5 Å². The number of rotatable bonds is 5. The predicted octanol–water partition coefficient (Wildman–Crippen LogP) is 3.82. The van der Waals surface area contributed by atoms with Crippen molar-refractivity contribution in [2.45, 2.75) is 45.8 Å². The maximum atomic E-state index is 13.4. The van der Waals surface area contributed by atoms with Crippen LogP contribution in [0.2, 0.25) is 0 Å². The first-order valence-corrected chi connectivity index (χ1v) is 11.9. The number of hydrogen-bond acceptors (Lipinski definition) is 5. The van der Waals surface area contributed by atoms with Gasteiger partial charge in [0.2, 0.25) is 0 Å². The van der Waals surface area contributed by atoms with Crippen LogP contribution in [-0.4, -0.2) is 55.6 Å². The van der Waals surface area contributed by atoms with Gasteiger partial charge in [-0.3, -0.25) is 4.79 Å². The van der Waals surface area contributed by atoms with Crippen molar-refractivity contribution in [3.05, 3.63) is 42.1 Å². The third-order valence-electron chi connectivity index (χ3n) is 7.18. The number of aryl methyl sites for hydroxylation is 2. The number of imidazole rings is 1. The molecule has 3 aromatic heterocycles. The Balaban J connectivity index is 1.65. The molecular formula is C26H32N6O2.